The van der Waals surface area contributed by atoms with Crippen LogP contribution in [0.5, 0.6) is 0 Å². The number of esters is 2. The van der Waals surface area contributed by atoms with Crippen LogP contribution < -0.4 is 0 Å². The van der Waals surface area contributed by atoms with Gasteiger partial charge in [-0.15, -0.1) is 0 Å². The van der Waals surface area contributed by atoms with Crippen LogP contribution in [0.2, 0.25) is 0 Å². The zero-order valence-electron chi connectivity index (χ0n) is 15.4. The lowest BCUT2D eigenvalue weighted by molar-refractivity contribution is -0.150. The first kappa shape index (κ1) is 18.9. The molecule has 0 aromatic carbocycles. The monoisotopic (exact) mass is 362 g/mol. The molecule has 0 unspecified atom stereocenters. The fraction of sp³-hybridized carbons (Fsp3) is 0.600. The topological polar surface area (TPSA) is 93.1 Å². The van der Waals surface area contributed by atoms with Gasteiger partial charge in [-0.3, -0.25) is 0 Å². The lowest BCUT2D eigenvalue weighted by Gasteiger charge is -2.34. The lowest BCUT2D eigenvalue weighted by atomic mass is 9.76. The van der Waals surface area contributed by atoms with Crippen molar-refractivity contribution in [3.8, 4) is 0 Å². The van der Waals surface area contributed by atoms with Gasteiger partial charge in [-0.1, -0.05) is 24.3 Å². The summed E-state index contributed by atoms with van der Waals surface area (Å²) < 4.78 is 11.3. The highest BCUT2D eigenvalue weighted by atomic mass is 16.6. The van der Waals surface area contributed by atoms with Gasteiger partial charge in [0.15, 0.2) is 0 Å². The lowest BCUT2D eigenvalue weighted by Crippen LogP contribution is -2.40. The second kappa shape index (κ2) is 6.67. The van der Waals surface area contributed by atoms with Crippen molar-refractivity contribution in [2.75, 3.05) is 6.61 Å². The van der Waals surface area contributed by atoms with Gasteiger partial charge in [-0.25, -0.2) is 9.59 Å². The fourth-order valence-electron chi connectivity index (χ4n) is 4.67. The molecule has 0 spiro atoms. The summed E-state index contributed by atoms with van der Waals surface area (Å²) in [6.07, 6.45) is 3.18. The highest BCUT2D eigenvalue weighted by molar-refractivity contribution is 5.92. The first-order valence-corrected chi connectivity index (χ1v) is 8.97. The normalized spacial score (nSPS) is 39.7. The van der Waals surface area contributed by atoms with E-state index in [2.05, 4.69) is 12.7 Å². The fourth-order valence-corrected chi connectivity index (χ4v) is 4.67. The van der Waals surface area contributed by atoms with E-state index in [4.69, 9.17) is 9.47 Å². The third kappa shape index (κ3) is 2.91. The van der Waals surface area contributed by atoms with Crippen molar-refractivity contribution in [2.24, 2.45) is 17.8 Å². The van der Waals surface area contributed by atoms with Gasteiger partial charge >= 0.3 is 11.9 Å². The average molecular weight is 362 g/mol. The summed E-state index contributed by atoms with van der Waals surface area (Å²) in [5.74, 6) is -1.88. The van der Waals surface area contributed by atoms with Crippen LogP contribution in [-0.2, 0) is 19.1 Å². The third-order valence-electron chi connectivity index (χ3n) is 6.12. The van der Waals surface area contributed by atoms with E-state index in [0.29, 0.717) is 6.42 Å². The van der Waals surface area contributed by atoms with Crippen LogP contribution in [-0.4, -0.2) is 46.6 Å². The summed E-state index contributed by atoms with van der Waals surface area (Å²) in [5, 5.41) is 20.4. The number of aliphatic hydroxyl groups is 2. The second-order valence-electron chi connectivity index (χ2n) is 7.71. The Morgan fingerprint density at radius 3 is 2.81 bits per heavy atom. The molecule has 26 heavy (non-hydrogen) atoms. The number of ether oxygens (including phenoxy) is 2. The Bertz CT molecular complexity index is 701. The summed E-state index contributed by atoms with van der Waals surface area (Å²) in [6, 6.07) is 0. The van der Waals surface area contributed by atoms with E-state index in [1.165, 1.54) is 6.08 Å². The van der Waals surface area contributed by atoms with Crippen molar-refractivity contribution in [2.45, 2.75) is 51.4 Å². The van der Waals surface area contributed by atoms with Gasteiger partial charge in [0.25, 0.3) is 0 Å². The second-order valence-corrected chi connectivity index (χ2v) is 7.71. The molecular formula is C20H26O6. The molecular weight excluding hydrogens is 336 g/mol. The molecule has 142 valence electrons. The first-order valence-electron chi connectivity index (χ1n) is 8.97. The molecule has 6 atom stereocenters. The molecule has 0 amide bonds. The van der Waals surface area contributed by atoms with Crippen LogP contribution in [0.1, 0.15) is 33.6 Å². The molecule has 1 aliphatic heterocycles. The van der Waals surface area contributed by atoms with Gasteiger partial charge in [-0.2, -0.15) is 0 Å². The molecule has 2 fully saturated rings. The Morgan fingerprint density at radius 2 is 2.19 bits per heavy atom. The first-order chi connectivity index (χ1) is 12.2. The maximum absolute atomic E-state index is 12.4. The summed E-state index contributed by atoms with van der Waals surface area (Å²) in [4.78, 5) is 24.6. The zero-order chi connectivity index (χ0) is 19.2. The van der Waals surface area contributed by atoms with Crippen molar-refractivity contribution in [1.29, 1.82) is 0 Å². The molecule has 1 saturated heterocycles. The Balaban J connectivity index is 1.99. The van der Waals surface area contributed by atoms with Crippen LogP contribution in [0.15, 0.2) is 35.5 Å². The molecule has 2 aliphatic carbocycles. The number of aliphatic hydroxyl groups excluding tert-OH is 1. The van der Waals surface area contributed by atoms with Crippen LogP contribution >= 0.6 is 0 Å². The van der Waals surface area contributed by atoms with E-state index in [1.54, 1.807) is 13.8 Å². The van der Waals surface area contributed by atoms with E-state index < -0.39 is 42.3 Å². The maximum atomic E-state index is 12.4. The molecule has 3 aliphatic rings. The number of carbonyl (C=O) groups is 2. The number of hydrogen-bond acceptors (Lipinski definition) is 6. The minimum Gasteiger partial charge on any atom is -0.458 e. The molecule has 1 saturated carbocycles. The highest BCUT2D eigenvalue weighted by Gasteiger charge is 2.58. The SMILES string of the molecule is C=C1C(=O)O[C@@H]2[C@H]3C(C)=CC[C@H]3[C@@](C)(O)C[C@@H](OC(=O)/C(=C\C)CO)[C@@H]12. The van der Waals surface area contributed by atoms with Crippen LogP contribution in [0.25, 0.3) is 0 Å². The molecule has 6 heteroatoms. The number of carbonyl (C=O) groups excluding carboxylic acids is 2. The molecule has 0 aromatic heterocycles. The van der Waals surface area contributed by atoms with Crippen molar-refractivity contribution >= 4 is 11.9 Å². The van der Waals surface area contributed by atoms with Crippen molar-refractivity contribution in [1.82, 2.24) is 0 Å². The van der Waals surface area contributed by atoms with Gasteiger partial charge < -0.3 is 19.7 Å². The molecule has 1 heterocycles. The molecule has 2 N–H and O–H groups in total. The minimum absolute atomic E-state index is 0.114. The van der Waals surface area contributed by atoms with E-state index in [0.717, 1.165) is 5.57 Å². The third-order valence-corrected chi connectivity index (χ3v) is 6.12. The van der Waals surface area contributed by atoms with Crippen molar-refractivity contribution < 1.29 is 29.3 Å². The van der Waals surface area contributed by atoms with Crippen molar-refractivity contribution in [3.05, 3.63) is 35.5 Å². The van der Waals surface area contributed by atoms with Gasteiger partial charge in [-0.05, 0) is 27.2 Å². The standard InChI is InChI=1S/C20H26O6/c1-5-12(9-21)19(23)25-14-8-20(4,24)13-7-6-10(2)15(13)17-16(14)11(3)18(22)26-17/h5-6,13-17,21,24H,3,7-9H2,1-2,4H3/b12-5-/t13-,14-,15+,16-,17-,20+/m1/s1. The summed E-state index contributed by atoms with van der Waals surface area (Å²) in [5.41, 5.74) is 0.396. The van der Waals surface area contributed by atoms with Crippen LogP contribution in [0.3, 0.4) is 0 Å². The molecule has 3 rings (SSSR count). The molecule has 0 aromatic rings. The Labute approximate surface area is 153 Å². The minimum atomic E-state index is -1.09. The summed E-state index contributed by atoms with van der Waals surface area (Å²) in [7, 11) is 0. The number of rotatable bonds is 3. The smallest absolute Gasteiger partial charge is 0.336 e. The van der Waals surface area contributed by atoms with Gasteiger partial charge in [0.2, 0.25) is 0 Å². The average Bonchev–Trinajstić information content (AvgIpc) is 3.06. The number of fused-ring (bicyclic) bond motifs is 3. The van der Waals surface area contributed by atoms with E-state index in [9.17, 15) is 19.8 Å². The van der Waals surface area contributed by atoms with Crippen molar-refractivity contribution in [3.63, 3.8) is 0 Å². The van der Waals surface area contributed by atoms with E-state index in [1.807, 2.05) is 6.92 Å². The number of hydrogen-bond donors (Lipinski definition) is 2. The van der Waals surface area contributed by atoms with Crippen LogP contribution in [0.4, 0.5) is 0 Å². The predicted molar refractivity (Wildman–Crippen MR) is 93.8 cm³/mol. The predicted octanol–water partition coefficient (Wildman–Crippen LogP) is 1.67. The Kier molecular flexibility index (Phi) is 4.84. The highest BCUT2D eigenvalue weighted by Crippen LogP contribution is 2.52. The molecule has 0 radical (unpaired) electrons. The summed E-state index contributed by atoms with van der Waals surface area (Å²) >= 11 is 0. The largest absolute Gasteiger partial charge is 0.458 e. The quantitative estimate of drug-likeness (QED) is 0.451. The Morgan fingerprint density at radius 1 is 1.50 bits per heavy atom. The maximum Gasteiger partial charge on any atom is 0.336 e. The zero-order valence-corrected chi connectivity index (χ0v) is 15.4. The summed E-state index contributed by atoms with van der Waals surface area (Å²) in [6.45, 7) is 8.78. The number of allylic oxidation sites excluding steroid dienone is 2. The molecule has 0 bridgehead atoms. The van der Waals surface area contributed by atoms with E-state index in [-0.39, 0.29) is 29.4 Å². The van der Waals surface area contributed by atoms with Crippen LogP contribution in [0, 0.1) is 17.8 Å². The van der Waals surface area contributed by atoms with E-state index >= 15 is 0 Å². The van der Waals surface area contributed by atoms with Gasteiger partial charge in [0.1, 0.15) is 12.2 Å². The Hall–Kier alpha value is -1.92. The van der Waals surface area contributed by atoms with Gasteiger partial charge in [0, 0.05) is 23.8 Å². The van der Waals surface area contributed by atoms with Gasteiger partial charge in [0.05, 0.1) is 23.7 Å². The molecule has 6 nitrogen and oxygen atoms in total.